The van der Waals surface area contributed by atoms with Gasteiger partial charge in [-0.2, -0.15) is 5.10 Å². The van der Waals surface area contributed by atoms with E-state index in [4.69, 9.17) is 21.1 Å². The van der Waals surface area contributed by atoms with Gasteiger partial charge in [-0.05, 0) is 55.5 Å². The minimum Gasteiger partial charge on any atom is -0.503 e. The van der Waals surface area contributed by atoms with E-state index in [1.54, 1.807) is 19.1 Å². The molecule has 0 fully saturated rings. The van der Waals surface area contributed by atoms with Crippen LogP contribution in [0.4, 0.5) is 0 Å². The summed E-state index contributed by atoms with van der Waals surface area (Å²) in [6, 6.07) is 9.64. The van der Waals surface area contributed by atoms with Crippen LogP contribution in [-0.4, -0.2) is 42.4 Å². The number of nitrogens with one attached hydrogen (secondary N) is 2. The Kier molecular flexibility index (Phi) is 10.00. The minimum absolute atomic E-state index is 0.104. The maximum Gasteiger partial charge on any atom is 0.262 e. The van der Waals surface area contributed by atoms with Crippen LogP contribution in [0.1, 0.15) is 38.3 Å². The molecule has 9 heteroatoms. The molecule has 2 rings (SSSR count). The topological polar surface area (TPSA) is 109 Å². The summed E-state index contributed by atoms with van der Waals surface area (Å²) in [5.74, 6) is -0.0365. The van der Waals surface area contributed by atoms with Gasteiger partial charge in [0, 0.05) is 0 Å². The molecule has 3 N–H and O–H groups in total. The van der Waals surface area contributed by atoms with Gasteiger partial charge in [-0.1, -0.05) is 43.6 Å². The molecule has 0 aliphatic heterocycles. The number of phenolic OH excluding ortho intramolecular Hbond substituents is 1. The van der Waals surface area contributed by atoms with Crippen molar-refractivity contribution in [1.29, 1.82) is 0 Å². The van der Waals surface area contributed by atoms with Gasteiger partial charge >= 0.3 is 0 Å². The molecule has 8 nitrogen and oxygen atoms in total. The Morgan fingerprint density at radius 2 is 1.91 bits per heavy atom. The molecule has 0 aromatic heterocycles. The number of carbonyl (C=O) groups is 2. The summed E-state index contributed by atoms with van der Waals surface area (Å²) in [7, 11) is 0. The molecule has 0 aliphatic rings. The summed E-state index contributed by atoms with van der Waals surface area (Å²) in [5.41, 5.74) is 3.88. The van der Waals surface area contributed by atoms with Gasteiger partial charge in [-0.3, -0.25) is 9.59 Å². The van der Waals surface area contributed by atoms with Crippen molar-refractivity contribution in [2.45, 2.75) is 40.2 Å². The number of benzene rings is 2. The maximum atomic E-state index is 12.7. The number of para-hydroxylation sites is 1. The van der Waals surface area contributed by atoms with Gasteiger partial charge < -0.3 is 19.9 Å². The van der Waals surface area contributed by atoms with Crippen LogP contribution in [0.15, 0.2) is 41.5 Å². The summed E-state index contributed by atoms with van der Waals surface area (Å²) >= 11 is 6.01. The van der Waals surface area contributed by atoms with Crippen molar-refractivity contribution >= 4 is 29.6 Å². The fraction of sp³-hybridized carbons (Fsp3) is 0.375. The number of amides is 2. The van der Waals surface area contributed by atoms with Gasteiger partial charge in [0.1, 0.15) is 11.8 Å². The number of nitrogens with zero attached hydrogens (tertiary/aromatic N) is 1. The molecule has 33 heavy (non-hydrogen) atoms. The molecule has 0 saturated carbocycles. The lowest BCUT2D eigenvalue weighted by molar-refractivity contribution is -0.130. The second kappa shape index (κ2) is 12.7. The van der Waals surface area contributed by atoms with Crippen molar-refractivity contribution in [1.82, 2.24) is 10.7 Å². The standard InChI is InChI=1S/C24H30ClN3O5/c1-5-32-21-12-17(11-18(25)23(21)30)13-26-28-24(31)19(10-15(2)3)27-22(29)14-33-20-9-7-6-8-16(20)4/h6-9,11-13,15,19,30H,5,10,14H2,1-4H3,(H,27,29)(H,28,31)/b26-13-/t19-/m1/s1. The molecule has 0 unspecified atom stereocenters. The Bertz CT molecular complexity index is 994. The first-order valence-corrected chi connectivity index (χ1v) is 11.0. The zero-order valence-electron chi connectivity index (χ0n) is 19.2. The van der Waals surface area contributed by atoms with E-state index in [2.05, 4.69) is 15.8 Å². The van der Waals surface area contributed by atoms with E-state index >= 15 is 0 Å². The molecule has 1 atom stereocenters. The smallest absolute Gasteiger partial charge is 0.262 e. The Morgan fingerprint density at radius 1 is 1.18 bits per heavy atom. The minimum atomic E-state index is -0.780. The summed E-state index contributed by atoms with van der Waals surface area (Å²) in [4.78, 5) is 25.0. The summed E-state index contributed by atoms with van der Waals surface area (Å²) < 4.78 is 10.9. The molecular weight excluding hydrogens is 446 g/mol. The van der Waals surface area contributed by atoms with Crippen molar-refractivity contribution in [3.63, 3.8) is 0 Å². The third kappa shape index (κ3) is 8.31. The lowest BCUT2D eigenvalue weighted by Crippen LogP contribution is -2.47. The molecule has 2 amide bonds. The number of aromatic hydroxyl groups is 1. The first kappa shape index (κ1) is 26.0. The number of hydrazone groups is 1. The van der Waals surface area contributed by atoms with Gasteiger partial charge in [0.2, 0.25) is 0 Å². The fourth-order valence-electron chi connectivity index (χ4n) is 2.98. The third-order valence-corrected chi connectivity index (χ3v) is 4.84. The van der Waals surface area contributed by atoms with E-state index < -0.39 is 17.9 Å². The Morgan fingerprint density at radius 3 is 2.58 bits per heavy atom. The zero-order valence-corrected chi connectivity index (χ0v) is 20.0. The largest absolute Gasteiger partial charge is 0.503 e. The SMILES string of the molecule is CCOc1cc(/C=N\NC(=O)[C@@H](CC(C)C)NC(=O)COc2ccccc2C)cc(Cl)c1O. The van der Waals surface area contributed by atoms with Crippen LogP contribution >= 0.6 is 11.6 Å². The number of aryl methyl sites for hydroxylation is 1. The summed E-state index contributed by atoms with van der Waals surface area (Å²) in [6.45, 7) is 7.72. The Labute approximate surface area is 198 Å². The second-order valence-corrected chi connectivity index (χ2v) is 8.23. The van der Waals surface area contributed by atoms with Gasteiger partial charge in [0.05, 0.1) is 17.8 Å². The van der Waals surface area contributed by atoms with Crippen LogP contribution in [0.5, 0.6) is 17.2 Å². The fourth-order valence-corrected chi connectivity index (χ4v) is 3.20. The van der Waals surface area contributed by atoms with E-state index in [1.807, 2.05) is 39.0 Å². The van der Waals surface area contributed by atoms with E-state index in [1.165, 1.54) is 12.3 Å². The highest BCUT2D eigenvalue weighted by Gasteiger charge is 2.22. The van der Waals surface area contributed by atoms with Crippen LogP contribution in [0.3, 0.4) is 0 Å². The highest BCUT2D eigenvalue weighted by atomic mass is 35.5. The highest BCUT2D eigenvalue weighted by Crippen LogP contribution is 2.34. The zero-order chi connectivity index (χ0) is 24.4. The van der Waals surface area contributed by atoms with E-state index in [0.29, 0.717) is 24.3 Å². The van der Waals surface area contributed by atoms with E-state index in [9.17, 15) is 14.7 Å². The molecular formula is C24H30ClN3O5. The van der Waals surface area contributed by atoms with Crippen molar-refractivity contribution < 1.29 is 24.2 Å². The predicted octanol–water partition coefficient (Wildman–Crippen LogP) is 3.81. The van der Waals surface area contributed by atoms with Crippen molar-refractivity contribution in [2.24, 2.45) is 11.0 Å². The molecule has 0 heterocycles. The molecule has 0 bridgehead atoms. The average Bonchev–Trinajstić information content (AvgIpc) is 2.76. The highest BCUT2D eigenvalue weighted by molar-refractivity contribution is 6.32. The van der Waals surface area contributed by atoms with Crippen LogP contribution < -0.4 is 20.2 Å². The number of carbonyl (C=O) groups excluding carboxylic acids is 2. The molecule has 2 aromatic rings. The Hall–Kier alpha value is -3.26. The predicted molar refractivity (Wildman–Crippen MR) is 128 cm³/mol. The van der Waals surface area contributed by atoms with Crippen LogP contribution in [0, 0.1) is 12.8 Å². The third-order valence-electron chi connectivity index (χ3n) is 4.55. The summed E-state index contributed by atoms with van der Waals surface area (Å²) in [5, 5.41) is 16.7. The molecule has 0 spiro atoms. The van der Waals surface area contributed by atoms with Crippen LogP contribution in [0.25, 0.3) is 0 Å². The quantitative estimate of drug-likeness (QED) is 0.338. The van der Waals surface area contributed by atoms with Gasteiger partial charge in [-0.25, -0.2) is 5.43 Å². The van der Waals surface area contributed by atoms with Crippen molar-refractivity contribution in [3.8, 4) is 17.2 Å². The Balaban J connectivity index is 1.99. The lowest BCUT2D eigenvalue weighted by Gasteiger charge is -2.19. The van der Waals surface area contributed by atoms with Gasteiger partial charge in [-0.15, -0.1) is 0 Å². The number of hydrogen-bond donors (Lipinski definition) is 3. The van der Waals surface area contributed by atoms with Crippen LogP contribution in [0.2, 0.25) is 5.02 Å². The number of hydrogen-bond acceptors (Lipinski definition) is 6. The van der Waals surface area contributed by atoms with E-state index in [-0.39, 0.29) is 29.0 Å². The van der Waals surface area contributed by atoms with Gasteiger partial charge in [0.15, 0.2) is 18.1 Å². The first-order valence-electron chi connectivity index (χ1n) is 10.7. The van der Waals surface area contributed by atoms with Crippen LogP contribution in [-0.2, 0) is 9.59 Å². The molecule has 178 valence electrons. The maximum absolute atomic E-state index is 12.7. The number of halogens is 1. The molecule has 0 saturated heterocycles. The monoisotopic (exact) mass is 475 g/mol. The second-order valence-electron chi connectivity index (χ2n) is 7.82. The molecule has 2 aromatic carbocycles. The van der Waals surface area contributed by atoms with Crippen molar-refractivity contribution in [2.75, 3.05) is 13.2 Å². The molecule has 0 radical (unpaired) electrons. The molecule has 0 aliphatic carbocycles. The average molecular weight is 476 g/mol. The van der Waals surface area contributed by atoms with Crippen molar-refractivity contribution in [3.05, 3.63) is 52.5 Å². The lowest BCUT2D eigenvalue weighted by atomic mass is 10.0. The normalized spacial score (nSPS) is 11.9. The number of ether oxygens (including phenoxy) is 2. The van der Waals surface area contributed by atoms with Gasteiger partial charge in [0.25, 0.3) is 11.8 Å². The first-order chi connectivity index (χ1) is 15.7. The number of phenols is 1. The number of rotatable bonds is 11. The summed E-state index contributed by atoms with van der Waals surface area (Å²) in [6.07, 6.45) is 1.80. The van der Waals surface area contributed by atoms with E-state index in [0.717, 1.165) is 5.56 Å².